The molecule has 0 unspecified atom stereocenters. The Bertz CT molecular complexity index is 679. The number of aliphatic imine (C=N–C) groups is 1. The second kappa shape index (κ2) is 9.33. The molecule has 2 aliphatic rings. The highest BCUT2D eigenvalue weighted by atomic mass is 79.9. The van der Waals surface area contributed by atoms with Gasteiger partial charge in [0.2, 0.25) is 0 Å². The van der Waals surface area contributed by atoms with Crippen LogP contribution in [-0.4, -0.2) is 25.9 Å². The van der Waals surface area contributed by atoms with Gasteiger partial charge >= 0.3 is 0 Å². The lowest BCUT2D eigenvalue weighted by atomic mass is 9.99. The average Bonchev–Trinajstić information content (AvgIpc) is 2.59. The summed E-state index contributed by atoms with van der Waals surface area (Å²) in [6.07, 6.45) is 15.3. The minimum atomic E-state index is 0.700. The molecule has 5 heteroatoms. The lowest BCUT2D eigenvalue weighted by molar-refractivity contribution is 0.291. The topological polar surface area (TPSA) is 45.7 Å². The van der Waals surface area contributed by atoms with Gasteiger partial charge in [-0.15, -0.1) is 0 Å². The zero-order valence-corrected chi connectivity index (χ0v) is 16.0. The Labute approximate surface area is 152 Å². The van der Waals surface area contributed by atoms with Gasteiger partial charge in [-0.05, 0) is 46.5 Å². The van der Waals surface area contributed by atoms with Gasteiger partial charge in [-0.25, -0.2) is 0 Å². The molecule has 0 radical (unpaired) electrons. The van der Waals surface area contributed by atoms with Crippen LogP contribution in [0.15, 0.2) is 74.9 Å². The van der Waals surface area contributed by atoms with Crippen LogP contribution in [0.4, 0.5) is 0 Å². The van der Waals surface area contributed by atoms with Gasteiger partial charge in [0.15, 0.2) is 5.76 Å². The molecule has 24 heavy (non-hydrogen) atoms. The highest BCUT2D eigenvalue weighted by Crippen LogP contribution is 2.22. The van der Waals surface area contributed by atoms with Gasteiger partial charge in [-0.1, -0.05) is 31.2 Å². The number of nitrogens with zero attached hydrogens (tertiary/aromatic N) is 1. The van der Waals surface area contributed by atoms with Crippen molar-refractivity contribution in [3.8, 4) is 0 Å². The number of halogens is 1. The van der Waals surface area contributed by atoms with Crippen LogP contribution in [-0.2, 0) is 4.74 Å². The average molecular weight is 390 g/mol. The molecule has 0 spiro atoms. The van der Waals surface area contributed by atoms with E-state index in [0.717, 1.165) is 40.2 Å². The first kappa shape index (κ1) is 18.3. The fraction of sp³-hybridized carbons (Fsp3) is 0.316. The number of dihydropyridines is 1. The molecule has 0 fully saturated rings. The third-order valence-corrected chi connectivity index (χ3v) is 4.20. The molecule has 2 rings (SSSR count). The molecule has 128 valence electrons. The van der Waals surface area contributed by atoms with Crippen LogP contribution >= 0.6 is 15.9 Å². The van der Waals surface area contributed by atoms with Crippen LogP contribution < -0.4 is 10.6 Å². The number of hydrogen-bond donors (Lipinski definition) is 2. The molecule has 2 N–H and O–H groups in total. The highest BCUT2D eigenvalue weighted by molar-refractivity contribution is 9.11. The summed E-state index contributed by atoms with van der Waals surface area (Å²) >= 11 is 3.53. The van der Waals surface area contributed by atoms with Crippen LogP contribution in [0.3, 0.4) is 0 Å². The first-order valence-corrected chi connectivity index (χ1v) is 8.87. The maximum Gasteiger partial charge on any atom is 0.155 e. The summed E-state index contributed by atoms with van der Waals surface area (Å²) in [6, 6.07) is 0. The van der Waals surface area contributed by atoms with Gasteiger partial charge in [0, 0.05) is 25.5 Å². The molecule has 0 aromatic rings. The van der Waals surface area contributed by atoms with E-state index in [2.05, 4.69) is 62.8 Å². The number of ether oxygens (including phenoxy) is 1. The number of nitrogens with one attached hydrogen (secondary N) is 2. The van der Waals surface area contributed by atoms with Crippen molar-refractivity contribution in [1.82, 2.24) is 10.6 Å². The van der Waals surface area contributed by atoms with Crippen LogP contribution in [0.2, 0.25) is 0 Å². The van der Waals surface area contributed by atoms with Gasteiger partial charge in [0.25, 0.3) is 0 Å². The summed E-state index contributed by atoms with van der Waals surface area (Å²) < 4.78 is 6.47. The second-order valence-corrected chi connectivity index (χ2v) is 6.30. The molecule has 4 nitrogen and oxygen atoms in total. The number of methoxy groups -OCH3 is 1. The van der Waals surface area contributed by atoms with Gasteiger partial charge in [-0.2, -0.15) is 0 Å². The van der Waals surface area contributed by atoms with Crippen LogP contribution in [0.25, 0.3) is 0 Å². The molecular weight excluding hydrogens is 366 g/mol. The quantitative estimate of drug-likeness (QED) is 0.719. The SMILES string of the molecule is C\C=C/N=C1\C=C(CNC2=CNCC(Br)=C2OC)C=C\C1=C/CC. The Balaban J connectivity index is 2.12. The summed E-state index contributed by atoms with van der Waals surface area (Å²) in [4.78, 5) is 4.53. The normalized spacial score (nSPS) is 21.2. The van der Waals surface area contributed by atoms with E-state index in [1.54, 1.807) is 7.11 Å². The van der Waals surface area contributed by atoms with Gasteiger partial charge in [0.05, 0.1) is 23.0 Å². The van der Waals surface area contributed by atoms with Crippen molar-refractivity contribution in [2.75, 3.05) is 20.2 Å². The van der Waals surface area contributed by atoms with Crippen LogP contribution in [0.1, 0.15) is 20.3 Å². The van der Waals surface area contributed by atoms with E-state index < -0.39 is 0 Å². The van der Waals surface area contributed by atoms with Crippen molar-refractivity contribution in [3.63, 3.8) is 0 Å². The highest BCUT2D eigenvalue weighted by Gasteiger charge is 2.15. The summed E-state index contributed by atoms with van der Waals surface area (Å²) in [7, 11) is 1.68. The number of hydrogen-bond acceptors (Lipinski definition) is 4. The number of allylic oxidation sites excluding steroid dienone is 5. The van der Waals surface area contributed by atoms with Gasteiger partial charge in [0.1, 0.15) is 0 Å². The predicted octanol–water partition coefficient (Wildman–Crippen LogP) is 4.08. The molecular formula is C19H24BrN3O. The molecule has 1 heterocycles. The van der Waals surface area contributed by atoms with Gasteiger partial charge < -0.3 is 15.4 Å². The van der Waals surface area contributed by atoms with Crippen molar-refractivity contribution in [1.29, 1.82) is 0 Å². The predicted molar refractivity (Wildman–Crippen MR) is 105 cm³/mol. The first-order valence-electron chi connectivity index (χ1n) is 8.08. The smallest absolute Gasteiger partial charge is 0.155 e. The van der Waals surface area contributed by atoms with E-state index in [1.807, 2.05) is 25.4 Å². The zero-order chi connectivity index (χ0) is 17.4. The zero-order valence-electron chi connectivity index (χ0n) is 14.4. The second-order valence-electron chi connectivity index (χ2n) is 5.35. The lowest BCUT2D eigenvalue weighted by Gasteiger charge is -2.21. The Hall–Kier alpha value is -2.01. The molecule has 0 saturated carbocycles. The standard InChI is InChI=1S/C19H24BrN3O/c1-4-6-15-8-7-14(10-17(15)22-9-5-2)11-23-18-13-21-12-16(20)19(18)24-3/h5-10,13,21,23H,4,11-12H2,1-3H3/b9-5-,15-6+,22-17+. The van der Waals surface area contributed by atoms with Crippen molar-refractivity contribution in [3.05, 3.63) is 69.9 Å². The third kappa shape index (κ3) is 4.74. The Morgan fingerprint density at radius 3 is 2.96 bits per heavy atom. The summed E-state index contributed by atoms with van der Waals surface area (Å²) in [6.45, 7) is 5.54. The van der Waals surface area contributed by atoms with Crippen molar-refractivity contribution < 1.29 is 4.74 Å². The monoisotopic (exact) mass is 389 g/mol. The first-order chi connectivity index (χ1) is 11.7. The molecule has 0 bridgehead atoms. The summed E-state index contributed by atoms with van der Waals surface area (Å²) in [5.41, 5.74) is 4.27. The Morgan fingerprint density at radius 2 is 2.25 bits per heavy atom. The van der Waals surface area contributed by atoms with E-state index in [1.165, 1.54) is 5.57 Å². The Morgan fingerprint density at radius 1 is 1.42 bits per heavy atom. The van der Waals surface area contributed by atoms with E-state index >= 15 is 0 Å². The lowest BCUT2D eigenvalue weighted by Crippen LogP contribution is -2.26. The summed E-state index contributed by atoms with van der Waals surface area (Å²) in [5, 5.41) is 6.63. The fourth-order valence-corrected chi connectivity index (χ4v) is 2.98. The maximum absolute atomic E-state index is 5.46. The van der Waals surface area contributed by atoms with Gasteiger partial charge in [-0.3, -0.25) is 4.99 Å². The van der Waals surface area contributed by atoms with E-state index in [9.17, 15) is 0 Å². The van der Waals surface area contributed by atoms with E-state index in [0.29, 0.717) is 6.54 Å². The largest absolute Gasteiger partial charge is 0.494 e. The van der Waals surface area contributed by atoms with Crippen molar-refractivity contribution in [2.45, 2.75) is 20.3 Å². The van der Waals surface area contributed by atoms with Crippen molar-refractivity contribution >= 4 is 21.6 Å². The molecule has 0 aromatic heterocycles. The van der Waals surface area contributed by atoms with Crippen molar-refractivity contribution in [2.24, 2.45) is 4.99 Å². The molecule has 0 atom stereocenters. The Kier molecular flexibility index (Phi) is 7.12. The van der Waals surface area contributed by atoms with E-state index in [-0.39, 0.29) is 0 Å². The number of rotatable bonds is 6. The molecule has 1 aliphatic carbocycles. The minimum absolute atomic E-state index is 0.700. The third-order valence-electron chi connectivity index (χ3n) is 3.56. The minimum Gasteiger partial charge on any atom is -0.494 e. The van der Waals surface area contributed by atoms with E-state index in [4.69, 9.17) is 4.74 Å². The fourth-order valence-electron chi connectivity index (χ4n) is 2.44. The molecule has 0 aromatic carbocycles. The molecule has 1 aliphatic heterocycles. The molecule has 0 amide bonds. The molecule has 0 saturated heterocycles. The summed E-state index contributed by atoms with van der Waals surface area (Å²) in [5.74, 6) is 0.837. The maximum atomic E-state index is 5.46. The van der Waals surface area contributed by atoms with Crippen LogP contribution in [0.5, 0.6) is 0 Å². The van der Waals surface area contributed by atoms with Crippen LogP contribution in [0, 0.1) is 0 Å².